The molecule has 3 rings (SSSR count). The molecule has 0 unspecified atom stereocenters. The number of allylic oxidation sites excluding steroid dienone is 5. The van der Waals surface area contributed by atoms with Gasteiger partial charge < -0.3 is 9.80 Å². The summed E-state index contributed by atoms with van der Waals surface area (Å²) in [7, 11) is -3.71. The van der Waals surface area contributed by atoms with Gasteiger partial charge in [0.2, 0.25) is 5.91 Å². The van der Waals surface area contributed by atoms with Gasteiger partial charge in [0.05, 0.1) is 4.90 Å². The van der Waals surface area contributed by atoms with Crippen molar-refractivity contribution < 1.29 is 13.2 Å². The molecule has 222 valence electrons. The largest absolute Gasteiger partial charge is 0.368 e. The number of benzene rings is 2. The van der Waals surface area contributed by atoms with Gasteiger partial charge >= 0.3 is 0 Å². The molecule has 0 saturated carbocycles. The lowest BCUT2D eigenvalue weighted by molar-refractivity contribution is -0.135. The van der Waals surface area contributed by atoms with E-state index in [-0.39, 0.29) is 16.7 Å². The van der Waals surface area contributed by atoms with Crippen LogP contribution >= 0.6 is 11.6 Å². The Morgan fingerprint density at radius 2 is 1.71 bits per heavy atom. The van der Waals surface area contributed by atoms with E-state index in [1.165, 1.54) is 11.1 Å². The summed E-state index contributed by atoms with van der Waals surface area (Å²) in [6, 6.07) is 13.1. The van der Waals surface area contributed by atoms with Crippen LogP contribution < -0.4 is 9.62 Å². The molecule has 1 fully saturated rings. The summed E-state index contributed by atoms with van der Waals surface area (Å²) in [5.41, 5.74) is 4.03. The number of amides is 1. The number of rotatable bonds is 13. The van der Waals surface area contributed by atoms with Gasteiger partial charge in [-0.3, -0.25) is 9.52 Å². The van der Waals surface area contributed by atoms with Crippen molar-refractivity contribution in [1.29, 1.82) is 0 Å². The summed E-state index contributed by atoms with van der Waals surface area (Å²) >= 11 is 6.24. The molecular formula is C33H44ClN3O3S. The van der Waals surface area contributed by atoms with Gasteiger partial charge in [0.1, 0.15) is 0 Å². The molecule has 0 radical (unpaired) electrons. The Balaban J connectivity index is 1.54. The highest BCUT2D eigenvalue weighted by Crippen LogP contribution is 2.24. The normalized spacial score (nSPS) is 15.6. The van der Waals surface area contributed by atoms with Gasteiger partial charge in [-0.05, 0) is 99.2 Å². The number of nitrogens with zero attached hydrogens (tertiary/aromatic N) is 2. The molecule has 0 bridgehead atoms. The van der Waals surface area contributed by atoms with E-state index in [0.717, 1.165) is 42.8 Å². The standard InChI is InChI=1S/C33H44ClN3O3S/c1-5-8-11-28-25-29(34)16-15-27(28)14-13-26(4)33(38)37-23-21-36(22-24-37)31-17-19-32(20-18-31)41(39,40)35-30(10-7-3)12-9-6-2/h6-7,9-10,12,15-20,25-26,35H,5,8,11,13-14,21-24H2,1-4H3/b9-6-,10-7+,30-12+/t26-/m0/s1. The summed E-state index contributed by atoms with van der Waals surface area (Å²) in [6.45, 7) is 10.6. The molecule has 0 spiro atoms. The van der Waals surface area contributed by atoms with Gasteiger partial charge in [0, 0.05) is 48.5 Å². The maximum absolute atomic E-state index is 13.2. The lowest BCUT2D eigenvalue weighted by atomic mass is 9.94. The molecule has 1 atom stereocenters. The van der Waals surface area contributed by atoms with E-state index in [0.29, 0.717) is 31.9 Å². The van der Waals surface area contributed by atoms with Gasteiger partial charge in [-0.1, -0.05) is 56.2 Å². The lowest BCUT2D eigenvalue weighted by Gasteiger charge is -2.37. The van der Waals surface area contributed by atoms with Gasteiger partial charge in [0.25, 0.3) is 10.0 Å². The summed E-state index contributed by atoms with van der Waals surface area (Å²) in [5, 5.41) is 0.769. The van der Waals surface area contributed by atoms with Crippen LogP contribution in [0.2, 0.25) is 5.02 Å². The molecule has 2 aromatic carbocycles. The molecule has 0 aliphatic carbocycles. The maximum atomic E-state index is 13.2. The van der Waals surface area contributed by atoms with E-state index in [1.807, 2.05) is 49.9 Å². The first-order chi connectivity index (χ1) is 19.7. The van der Waals surface area contributed by atoms with Crippen LogP contribution in [0.25, 0.3) is 0 Å². The number of piperazine rings is 1. The summed E-state index contributed by atoms with van der Waals surface area (Å²) in [5.74, 6) is 0.145. The van der Waals surface area contributed by atoms with E-state index in [4.69, 9.17) is 11.6 Å². The zero-order valence-electron chi connectivity index (χ0n) is 24.8. The van der Waals surface area contributed by atoms with Crippen molar-refractivity contribution in [2.75, 3.05) is 31.1 Å². The molecule has 8 heteroatoms. The van der Waals surface area contributed by atoms with Crippen molar-refractivity contribution in [2.24, 2.45) is 5.92 Å². The SMILES string of the molecule is C\C=C/C=C(\C=C\C)NS(=O)(=O)c1ccc(N2CCN(C(=O)[C@@H](C)CCc3ccc(Cl)cc3CCCC)CC2)cc1. The molecule has 1 amide bonds. The average molecular weight is 598 g/mol. The third kappa shape index (κ3) is 9.50. The van der Waals surface area contributed by atoms with Crippen LogP contribution in [0.5, 0.6) is 0 Å². The number of unbranched alkanes of at least 4 members (excludes halogenated alkanes) is 1. The minimum absolute atomic E-state index is 0.0532. The van der Waals surface area contributed by atoms with Crippen molar-refractivity contribution in [1.82, 2.24) is 9.62 Å². The predicted molar refractivity (Wildman–Crippen MR) is 171 cm³/mol. The Kier molecular flexibility index (Phi) is 12.5. The minimum Gasteiger partial charge on any atom is -0.368 e. The highest BCUT2D eigenvalue weighted by atomic mass is 35.5. The zero-order valence-corrected chi connectivity index (χ0v) is 26.3. The number of sulfonamides is 1. The third-order valence-corrected chi connectivity index (χ3v) is 9.04. The fraction of sp³-hybridized carbons (Fsp3) is 0.424. The number of aryl methyl sites for hydroxylation is 2. The topological polar surface area (TPSA) is 69.7 Å². The molecule has 6 nitrogen and oxygen atoms in total. The van der Waals surface area contributed by atoms with Crippen LogP contribution in [0.1, 0.15) is 58.1 Å². The summed E-state index contributed by atoms with van der Waals surface area (Å²) < 4.78 is 28.4. The molecule has 2 aromatic rings. The smallest absolute Gasteiger partial charge is 0.261 e. The maximum Gasteiger partial charge on any atom is 0.261 e. The monoisotopic (exact) mass is 597 g/mol. The van der Waals surface area contributed by atoms with Crippen molar-refractivity contribution in [2.45, 2.75) is 64.7 Å². The Bertz CT molecular complexity index is 1340. The van der Waals surface area contributed by atoms with E-state index in [2.05, 4.69) is 28.7 Å². The summed E-state index contributed by atoms with van der Waals surface area (Å²) in [6.07, 6.45) is 13.8. The first kappa shape index (κ1) is 32.5. The van der Waals surface area contributed by atoms with Gasteiger partial charge in [-0.25, -0.2) is 8.42 Å². The Morgan fingerprint density at radius 1 is 1.00 bits per heavy atom. The fourth-order valence-corrected chi connectivity index (χ4v) is 6.24. The number of carbonyl (C=O) groups is 1. The average Bonchev–Trinajstić information content (AvgIpc) is 2.98. The lowest BCUT2D eigenvalue weighted by Crippen LogP contribution is -2.50. The number of halogens is 1. The fourth-order valence-electron chi connectivity index (χ4n) is 4.98. The quantitative estimate of drug-likeness (QED) is 0.255. The summed E-state index contributed by atoms with van der Waals surface area (Å²) in [4.78, 5) is 17.6. The molecule has 1 heterocycles. The van der Waals surface area contributed by atoms with E-state index in [9.17, 15) is 13.2 Å². The van der Waals surface area contributed by atoms with Crippen molar-refractivity contribution in [3.8, 4) is 0 Å². The second kappa shape index (κ2) is 15.8. The minimum atomic E-state index is -3.71. The molecule has 1 saturated heterocycles. The molecule has 1 aliphatic heterocycles. The third-order valence-electron chi connectivity index (χ3n) is 7.41. The number of hydrogen-bond donors (Lipinski definition) is 1. The second-order valence-electron chi connectivity index (χ2n) is 10.5. The Labute approximate surface area is 251 Å². The molecule has 1 N–H and O–H groups in total. The van der Waals surface area contributed by atoms with Crippen LogP contribution in [0.3, 0.4) is 0 Å². The Morgan fingerprint density at radius 3 is 2.34 bits per heavy atom. The van der Waals surface area contributed by atoms with Crippen molar-refractivity contribution in [3.63, 3.8) is 0 Å². The highest BCUT2D eigenvalue weighted by Gasteiger charge is 2.25. The van der Waals surface area contributed by atoms with Crippen LogP contribution in [-0.2, 0) is 27.7 Å². The first-order valence-electron chi connectivity index (χ1n) is 14.6. The van der Waals surface area contributed by atoms with Crippen LogP contribution in [0, 0.1) is 5.92 Å². The van der Waals surface area contributed by atoms with Crippen LogP contribution in [-0.4, -0.2) is 45.4 Å². The number of nitrogens with one attached hydrogen (secondary N) is 1. The van der Waals surface area contributed by atoms with Crippen LogP contribution in [0.15, 0.2) is 83.4 Å². The first-order valence-corrected chi connectivity index (χ1v) is 16.4. The Hall–Kier alpha value is -3.03. The van der Waals surface area contributed by atoms with Crippen molar-refractivity contribution in [3.05, 3.63) is 94.7 Å². The number of hydrogen-bond acceptors (Lipinski definition) is 4. The van der Waals surface area contributed by atoms with Crippen LogP contribution in [0.4, 0.5) is 5.69 Å². The van der Waals surface area contributed by atoms with Gasteiger partial charge in [-0.15, -0.1) is 0 Å². The van der Waals surface area contributed by atoms with E-state index < -0.39 is 10.0 Å². The zero-order chi connectivity index (χ0) is 29.8. The highest BCUT2D eigenvalue weighted by molar-refractivity contribution is 7.89. The molecule has 41 heavy (non-hydrogen) atoms. The molecule has 0 aromatic heterocycles. The predicted octanol–water partition coefficient (Wildman–Crippen LogP) is 6.91. The number of anilines is 1. The van der Waals surface area contributed by atoms with E-state index in [1.54, 1.807) is 36.4 Å². The molecular weight excluding hydrogens is 554 g/mol. The number of carbonyl (C=O) groups excluding carboxylic acids is 1. The van der Waals surface area contributed by atoms with E-state index >= 15 is 0 Å². The van der Waals surface area contributed by atoms with Crippen molar-refractivity contribution >= 4 is 33.2 Å². The van der Waals surface area contributed by atoms with Gasteiger partial charge in [-0.2, -0.15) is 0 Å². The molecule has 1 aliphatic rings. The van der Waals surface area contributed by atoms with Gasteiger partial charge in [0.15, 0.2) is 0 Å². The second-order valence-corrected chi connectivity index (χ2v) is 12.6.